The molecule has 2 aliphatic heterocycles. The molecule has 2 aromatic carbocycles. The Kier molecular flexibility index (Phi) is 9.39. The highest BCUT2D eigenvalue weighted by atomic mass is 16.5. The topological polar surface area (TPSA) is 155 Å². The molecule has 1 aromatic heterocycles. The standard InChI is InChI=1S/C37H37N5O7/c1-3-26-27-17-18-28-30(34(46)41(32(28)44)25-15-8-5-9-16-25)31(27)37(20-23-12-6-4-7-13-23,35(47)39-22-29(43)49-2)42(33(26)45)36(48)40-21-24-14-10-11-19-38-24/h4-16,19,28,30-31H,3,17-18,20-22H2,1-2H3,(H,39,47)(H,40,48)/t28-,30-,31+,37+/m1/s1. The molecule has 0 radical (unpaired) electrons. The fourth-order valence-electron chi connectivity index (χ4n) is 7.65. The highest BCUT2D eigenvalue weighted by molar-refractivity contribution is 6.23. The molecule has 12 heteroatoms. The van der Waals surface area contributed by atoms with E-state index < -0.39 is 65.5 Å². The molecule has 3 aliphatic rings. The minimum Gasteiger partial charge on any atom is -0.468 e. The molecule has 4 atom stereocenters. The molecule has 12 nitrogen and oxygen atoms in total. The van der Waals surface area contributed by atoms with Crippen molar-refractivity contribution in [2.75, 3.05) is 18.6 Å². The Morgan fingerprint density at radius 2 is 1.61 bits per heavy atom. The molecule has 6 amide bonds. The van der Waals surface area contributed by atoms with Crippen LogP contribution in [0.1, 0.15) is 37.4 Å². The molecule has 2 fully saturated rings. The second-order valence-corrected chi connectivity index (χ2v) is 12.3. The number of hydrogen-bond donors (Lipinski definition) is 2. The van der Waals surface area contributed by atoms with E-state index in [9.17, 15) is 28.8 Å². The second-order valence-electron chi connectivity index (χ2n) is 12.3. The van der Waals surface area contributed by atoms with Crippen LogP contribution in [0.2, 0.25) is 0 Å². The van der Waals surface area contributed by atoms with Gasteiger partial charge < -0.3 is 15.4 Å². The number of amides is 6. The van der Waals surface area contributed by atoms with E-state index in [1.807, 2.05) is 0 Å². The van der Waals surface area contributed by atoms with Gasteiger partial charge in [-0.2, -0.15) is 0 Å². The number of imide groups is 2. The number of carbonyl (C=O) groups excluding carboxylic acids is 6. The number of urea groups is 1. The molecular formula is C37H37N5O7. The molecule has 0 unspecified atom stereocenters. The summed E-state index contributed by atoms with van der Waals surface area (Å²) in [5, 5.41) is 5.40. The Morgan fingerprint density at radius 1 is 0.918 bits per heavy atom. The largest absolute Gasteiger partial charge is 0.468 e. The number of methoxy groups -OCH3 is 1. The third kappa shape index (κ3) is 5.87. The van der Waals surface area contributed by atoms with Crippen molar-refractivity contribution in [3.63, 3.8) is 0 Å². The summed E-state index contributed by atoms with van der Waals surface area (Å²) in [5.41, 5.74) is 0.338. The van der Waals surface area contributed by atoms with Crippen LogP contribution in [-0.4, -0.2) is 64.7 Å². The molecule has 2 N–H and O–H groups in total. The number of aromatic nitrogens is 1. The van der Waals surface area contributed by atoms with Crippen LogP contribution >= 0.6 is 0 Å². The van der Waals surface area contributed by atoms with Gasteiger partial charge in [0, 0.05) is 24.1 Å². The predicted octanol–water partition coefficient (Wildman–Crippen LogP) is 3.33. The van der Waals surface area contributed by atoms with Gasteiger partial charge in [0.05, 0.1) is 36.9 Å². The number of carbonyl (C=O) groups is 6. The maximum atomic E-state index is 14.9. The van der Waals surface area contributed by atoms with Gasteiger partial charge in [0.15, 0.2) is 0 Å². The molecule has 0 bridgehead atoms. The van der Waals surface area contributed by atoms with Crippen molar-refractivity contribution in [2.24, 2.45) is 17.8 Å². The summed E-state index contributed by atoms with van der Waals surface area (Å²) in [4.78, 5) is 91.4. The number of pyridine rings is 1. The van der Waals surface area contributed by atoms with E-state index in [4.69, 9.17) is 4.74 Å². The van der Waals surface area contributed by atoms with Crippen LogP contribution < -0.4 is 15.5 Å². The Morgan fingerprint density at radius 3 is 2.27 bits per heavy atom. The van der Waals surface area contributed by atoms with Crippen LogP contribution in [0.25, 0.3) is 0 Å². The predicted molar refractivity (Wildman–Crippen MR) is 177 cm³/mol. The molecule has 49 heavy (non-hydrogen) atoms. The first-order chi connectivity index (χ1) is 23.7. The minimum atomic E-state index is -2.07. The lowest BCUT2D eigenvalue weighted by Gasteiger charge is -2.54. The number of ether oxygens (including phenoxy) is 1. The first-order valence-electron chi connectivity index (χ1n) is 16.3. The lowest BCUT2D eigenvalue weighted by atomic mass is 9.57. The van der Waals surface area contributed by atoms with E-state index in [1.165, 1.54) is 7.11 Å². The fraction of sp³-hybridized carbons (Fsp3) is 0.324. The summed E-state index contributed by atoms with van der Waals surface area (Å²) in [6.45, 7) is 1.18. The van der Waals surface area contributed by atoms with Crippen molar-refractivity contribution in [3.05, 3.63) is 107 Å². The molecule has 1 saturated carbocycles. The first kappa shape index (κ1) is 33.3. The van der Waals surface area contributed by atoms with Gasteiger partial charge in [-0.05, 0) is 49.1 Å². The first-order valence-corrected chi connectivity index (χ1v) is 16.3. The summed E-state index contributed by atoms with van der Waals surface area (Å²) < 4.78 is 4.79. The van der Waals surface area contributed by atoms with Crippen LogP contribution in [0.3, 0.4) is 0 Å². The van der Waals surface area contributed by atoms with Gasteiger partial charge in [0.25, 0.3) is 5.91 Å². The van der Waals surface area contributed by atoms with Gasteiger partial charge in [-0.25, -0.2) is 9.69 Å². The van der Waals surface area contributed by atoms with Crippen molar-refractivity contribution in [2.45, 2.75) is 44.7 Å². The van der Waals surface area contributed by atoms with Crippen LogP contribution in [0.5, 0.6) is 0 Å². The highest BCUT2D eigenvalue weighted by Gasteiger charge is 2.67. The minimum absolute atomic E-state index is 0.0530. The number of fused-ring (bicyclic) bond motifs is 3. The van der Waals surface area contributed by atoms with Crippen molar-refractivity contribution in [3.8, 4) is 0 Å². The Labute approximate surface area is 283 Å². The molecule has 0 spiro atoms. The number of nitrogens with one attached hydrogen (secondary N) is 2. The second kappa shape index (κ2) is 13.8. The fourth-order valence-corrected chi connectivity index (χ4v) is 7.65. The number of nitrogens with zero attached hydrogens (tertiary/aromatic N) is 3. The molecule has 3 heterocycles. The van der Waals surface area contributed by atoms with E-state index in [2.05, 4.69) is 15.6 Å². The number of benzene rings is 2. The normalized spacial score (nSPS) is 23.1. The van der Waals surface area contributed by atoms with Crippen LogP contribution in [-0.2, 0) is 41.7 Å². The number of anilines is 1. The van der Waals surface area contributed by atoms with Crippen molar-refractivity contribution in [1.82, 2.24) is 20.5 Å². The summed E-state index contributed by atoms with van der Waals surface area (Å²) in [6.07, 6.45) is 2.17. The third-order valence-corrected chi connectivity index (χ3v) is 9.75. The molecule has 252 valence electrons. The monoisotopic (exact) mass is 663 g/mol. The van der Waals surface area contributed by atoms with E-state index >= 15 is 0 Å². The van der Waals surface area contributed by atoms with Crippen LogP contribution in [0, 0.1) is 17.8 Å². The average molecular weight is 664 g/mol. The zero-order valence-corrected chi connectivity index (χ0v) is 27.3. The maximum Gasteiger partial charge on any atom is 0.325 e. The van der Waals surface area contributed by atoms with Crippen molar-refractivity contribution in [1.29, 1.82) is 0 Å². The molecule has 1 aliphatic carbocycles. The maximum absolute atomic E-state index is 14.9. The smallest absolute Gasteiger partial charge is 0.325 e. The van der Waals surface area contributed by atoms with E-state index in [0.717, 1.165) is 9.80 Å². The Bertz CT molecular complexity index is 1810. The molecular weight excluding hydrogens is 626 g/mol. The van der Waals surface area contributed by atoms with Gasteiger partial charge in [-0.1, -0.05) is 67.1 Å². The lowest BCUT2D eigenvalue weighted by Crippen LogP contribution is -2.73. The van der Waals surface area contributed by atoms with Crippen LogP contribution in [0.15, 0.2) is 96.2 Å². The van der Waals surface area contributed by atoms with E-state index in [-0.39, 0.29) is 32.2 Å². The van der Waals surface area contributed by atoms with Gasteiger partial charge in [0.1, 0.15) is 12.1 Å². The third-order valence-electron chi connectivity index (χ3n) is 9.75. The Hall–Kier alpha value is -5.65. The zero-order valence-electron chi connectivity index (χ0n) is 27.3. The van der Waals surface area contributed by atoms with Gasteiger partial charge in [-0.15, -0.1) is 0 Å². The number of para-hydroxylation sites is 1. The number of esters is 1. The average Bonchev–Trinajstić information content (AvgIpc) is 3.39. The molecule has 1 saturated heterocycles. The summed E-state index contributed by atoms with van der Waals surface area (Å²) in [5.74, 6) is -6.12. The van der Waals surface area contributed by atoms with Crippen molar-refractivity contribution >= 4 is 41.3 Å². The molecule has 3 aromatic rings. The molecule has 6 rings (SSSR count). The number of hydrogen-bond acceptors (Lipinski definition) is 8. The summed E-state index contributed by atoms with van der Waals surface area (Å²) >= 11 is 0. The van der Waals surface area contributed by atoms with Crippen molar-refractivity contribution < 1.29 is 33.5 Å². The zero-order chi connectivity index (χ0) is 34.7. The highest BCUT2D eigenvalue weighted by Crippen LogP contribution is 2.55. The SMILES string of the molecule is CCC1=C2CC[C@H]3C(=O)N(c4ccccc4)C(=O)[C@H]3[C@H]2[C@@](Cc2ccccc2)(C(=O)NCC(=O)OC)N(C(=O)NCc2ccccn2)C1=O. The number of rotatable bonds is 9. The van der Waals surface area contributed by atoms with Crippen LogP contribution in [0.4, 0.5) is 10.5 Å². The van der Waals surface area contributed by atoms with Gasteiger partial charge >= 0.3 is 12.0 Å². The van der Waals surface area contributed by atoms with E-state index in [1.54, 1.807) is 92.0 Å². The van der Waals surface area contributed by atoms with E-state index in [0.29, 0.717) is 28.1 Å². The van der Waals surface area contributed by atoms with Gasteiger partial charge in [-0.3, -0.25) is 33.9 Å². The summed E-state index contributed by atoms with van der Waals surface area (Å²) in [6, 6.07) is 21.8. The quantitative estimate of drug-likeness (QED) is 0.261. The lowest BCUT2D eigenvalue weighted by molar-refractivity contribution is -0.152. The summed E-state index contributed by atoms with van der Waals surface area (Å²) in [7, 11) is 1.18. The Balaban J connectivity index is 1.57. The van der Waals surface area contributed by atoms with Gasteiger partial charge in [0.2, 0.25) is 17.7 Å².